The first kappa shape index (κ1) is 13.0. The number of hydrogen-bond donors (Lipinski definition) is 1. The van der Waals surface area contributed by atoms with Gasteiger partial charge in [0.1, 0.15) is 17.3 Å². The fourth-order valence-corrected chi connectivity index (χ4v) is 3.11. The van der Waals surface area contributed by atoms with Gasteiger partial charge in [0.2, 0.25) is 0 Å². The Labute approximate surface area is 125 Å². The SMILES string of the molecule is CCn1c(C2CC2)nc(-c2ccc(Br)cc2Cl)c1N. The zero-order valence-corrected chi connectivity index (χ0v) is 13.0. The number of aromatic nitrogens is 2. The zero-order chi connectivity index (χ0) is 13.6. The average Bonchev–Trinajstić information content (AvgIpc) is 3.15. The maximum atomic E-state index is 6.30. The lowest BCUT2D eigenvalue weighted by molar-refractivity contribution is 0.708. The largest absolute Gasteiger partial charge is 0.383 e. The Morgan fingerprint density at radius 2 is 2.21 bits per heavy atom. The first-order valence-electron chi connectivity index (χ1n) is 6.43. The van der Waals surface area contributed by atoms with Gasteiger partial charge in [-0.25, -0.2) is 4.98 Å². The van der Waals surface area contributed by atoms with Crippen molar-refractivity contribution in [2.45, 2.75) is 32.2 Å². The second kappa shape index (κ2) is 4.84. The maximum Gasteiger partial charge on any atom is 0.131 e. The van der Waals surface area contributed by atoms with Crippen LogP contribution in [0.1, 0.15) is 31.5 Å². The van der Waals surface area contributed by atoms with Crippen LogP contribution in [0.25, 0.3) is 11.3 Å². The van der Waals surface area contributed by atoms with Gasteiger partial charge in [-0.05, 0) is 31.9 Å². The number of nitrogens with zero attached hydrogens (tertiary/aromatic N) is 2. The van der Waals surface area contributed by atoms with Gasteiger partial charge in [-0.3, -0.25) is 0 Å². The van der Waals surface area contributed by atoms with Crippen molar-refractivity contribution < 1.29 is 0 Å². The van der Waals surface area contributed by atoms with Crippen molar-refractivity contribution in [2.75, 3.05) is 5.73 Å². The van der Waals surface area contributed by atoms with Crippen molar-refractivity contribution in [1.29, 1.82) is 0 Å². The molecule has 0 atom stereocenters. The van der Waals surface area contributed by atoms with Gasteiger partial charge >= 0.3 is 0 Å². The molecular weight excluding hydrogens is 326 g/mol. The molecule has 0 amide bonds. The Hall–Kier alpha value is -1.00. The molecule has 19 heavy (non-hydrogen) atoms. The molecule has 1 aromatic heterocycles. The van der Waals surface area contributed by atoms with Crippen LogP contribution in [0.5, 0.6) is 0 Å². The lowest BCUT2D eigenvalue weighted by Crippen LogP contribution is -2.04. The normalized spacial score (nSPS) is 14.9. The molecule has 0 saturated heterocycles. The van der Waals surface area contributed by atoms with E-state index in [-0.39, 0.29) is 0 Å². The molecule has 1 fully saturated rings. The fourth-order valence-electron chi connectivity index (χ4n) is 2.35. The second-order valence-corrected chi connectivity index (χ2v) is 6.17. The number of hydrogen-bond acceptors (Lipinski definition) is 2. The molecule has 3 nitrogen and oxygen atoms in total. The van der Waals surface area contributed by atoms with Crippen LogP contribution in [-0.2, 0) is 6.54 Å². The van der Waals surface area contributed by atoms with E-state index in [2.05, 4.69) is 27.4 Å². The van der Waals surface area contributed by atoms with Gasteiger partial charge in [0, 0.05) is 22.5 Å². The molecule has 1 aliphatic carbocycles. The van der Waals surface area contributed by atoms with Gasteiger partial charge in [0.15, 0.2) is 0 Å². The lowest BCUT2D eigenvalue weighted by atomic mass is 10.1. The fraction of sp³-hybridized carbons (Fsp3) is 0.357. The number of anilines is 1. The quantitative estimate of drug-likeness (QED) is 0.897. The highest BCUT2D eigenvalue weighted by Crippen LogP contribution is 2.43. The molecule has 5 heteroatoms. The Balaban J connectivity index is 2.14. The molecule has 0 spiro atoms. The minimum absolute atomic E-state index is 0.574. The van der Waals surface area contributed by atoms with Crippen LogP contribution in [0.4, 0.5) is 5.82 Å². The van der Waals surface area contributed by atoms with Crippen molar-refractivity contribution in [3.05, 3.63) is 33.5 Å². The van der Waals surface area contributed by atoms with Crippen LogP contribution in [0, 0.1) is 0 Å². The van der Waals surface area contributed by atoms with E-state index in [4.69, 9.17) is 22.3 Å². The lowest BCUT2D eigenvalue weighted by Gasteiger charge is -2.06. The molecule has 3 rings (SSSR count). The molecule has 1 aromatic carbocycles. The summed E-state index contributed by atoms with van der Waals surface area (Å²) in [4.78, 5) is 4.74. The predicted molar refractivity (Wildman–Crippen MR) is 82.4 cm³/mol. The Kier molecular flexibility index (Phi) is 3.31. The third kappa shape index (κ3) is 2.28. The van der Waals surface area contributed by atoms with Crippen LogP contribution in [0.2, 0.25) is 5.02 Å². The average molecular weight is 341 g/mol. The van der Waals surface area contributed by atoms with Crippen LogP contribution < -0.4 is 5.73 Å². The molecule has 100 valence electrons. The summed E-state index contributed by atoms with van der Waals surface area (Å²) in [7, 11) is 0. The number of nitrogen functional groups attached to an aromatic ring is 1. The molecule has 1 saturated carbocycles. The van der Waals surface area contributed by atoms with Crippen LogP contribution in [-0.4, -0.2) is 9.55 Å². The summed E-state index contributed by atoms with van der Waals surface area (Å²) in [5, 5.41) is 0.671. The summed E-state index contributed by atoms with van der Waals surface area (Å²) >= 11 is 9.71. The summed E-state index contributed by atoms with van der Waals surface area (Å²) in [5.41, 5.74) is 7.96. The van der Waals surface area contributed by atoms with Crippen LogP contribution >= 0.6 is 27.5 Å². The van der Waals surface area contributed by atoms with E-state index >= 15 is 0 Å². The van der Waals surface area contributed by atoms with E-state index < -0.39 is 0 Å². The van der Waals surface area contributed by atoms with Gasteiger partial charge in [-0.2, -0.15) is 0 Å². The molecule has 0 radical (unpaired) electrons. The summed E-state index contributed by atoms with van der Waals surface area (Å²) < 4.78 is 3.06. The summed E-state index contributed by atoms with van der Waals surface area (Å²) in [6.45, 7) is 2.94. The number of nitrogens with two attached hydrogens (primary N) is 1. The highest BCUT2D eigenvalue weighted by Gasteiger charge is 2.30. The molecule has 2 aromatic rings. The van der Waals surface area contributed by atoms with Crippen molar-refractivity contribution in [3.63, 3.8) is 0 Å². The summed E-state index contributed by atoms with van der Waals surface area (Å²) in [6, 6.07) is 5.79. The van der Waals surface area contributed by atoms with Gasteiger partial charge < -0.3 is 10.3 Å². The first-order chi connectivity index (χ1) is 9.11. The number of rotatable bonds is 3. The van der Waals surface area contributed by atoms with Gasteiger partial charge in [-0.15, -0.1) is 0 Å². The van der Waals surface area contributed by atoms with E-state index in [9.17, 15) is 0 Å². The Morgan fingerprint density at radius 3 is 2.79 bits per heavy atom. The van der Waals surface area contributed by atoms with Crippen LogP contribution in [0.15, 0.2) is 22.7 Å². The standard InChI is InChI=1S/C14H15BrClN3/c1-2-19-13(17)12(18-14(19)8-3-4-8)10-6-5-9(15)7-11(10)16/h5-8H,2-4,17H2,1H3. The molecular formula is C14H15BrClN3. The third-order valence-electron chi connectivity index (χ3n) is 3.48. The molecule has 1 heterocycles. The van der Waals surface area contributed by atoms with E-state index in [0.717, 1.165) is 28.1 Å². The van der Waals surface area contributed by atoms with Gasteiger partial charge in [0.05, 0.1) is 5.02 Å². The number of halogens is 2. The highest BCUT2D eigenvalue weighted by molar-refractivity contribution is 9.10. The minimum Gasteiger partial charge on any atom is -0.383 e. The zero-order valence-electron chi connectivity index (χ0n) is 10.7. The van der Waals surface area contributed by atoms with Crippen molar-refractivity contribution in [1.82, 2.24) is 9.55 Å². The number of benzene rings is 1. The van der Waals surface area contributed by atoms with E-state index in [1.54, 1.807) is 0 Å². The second-order valence-electron chi connectivity index (χ2n) is 4.85. The van der Waals surface area contributed by atoms with E-state index in [1.165, 1.54) is 12.8 Å². The smallest absolute Gasteiger partial charge is 0.131 e. The van der Waals surface area contributed by atoms with E-state index in [0.29, 0.717) is 16.8 Å². The van der Waals surface area contributed by atoms with E-state index in [1.807, 2.05) is 18.2 Å². The van der Waals surface area contributed by atoms with Gasteiger partial charge in [-0.1, -0.05) is 33.6 Å². The Bertz CT molecular complexity index is 632. The highest BCUT2D eigenvalue weighted by atomic mass is 79.9. The molecule has 2 N–H and O–H groups in total. The number of imidazole rings is 1. The topological polar surface area (TPSA) is 43.8 Å². The maximum absolute atomic E-state index is 6.30. The minimum atomic E-state index is 0.574. The first-order valence-corrected chi connectivity index (χ1v) is 7.60. The molecule has 0 aliphatic heterocycles. The molecule has 0 unspecified atom stereocenters. The summed E-state index contributed by atoms with van der Waals surface area (Å²) in [5.74, 6) is 2.40. The third-order valence-corrected chi connectivity index (χ3v) is 4.29. The van der Waals surface area contributed by atoms with Crippen molar-refractivity contribution >= 4 is 33.3 Å². The monoisotopic (exact) mass is 339 g/mol. The van der Waals surface area contributed by atoms with Crippen molar-refractivity contribution in [2.24, 2.45) is 0 Å². The summed E-state index contributed by atoms with van der Waals surface area (Å²) in [6.07, 6.45) is 2.42. The molecule has 1 aliphatic rings. The Morgan fingerprint density at radius 1 is 1.47 bits per heavy atom. The van der Waals surface area contributed by atoms with Crippen LogP contribution in [0.3, 0.4) is 0 Å². The predicted octanol–water partition coefficient (Wildman–Crippen LogP) is 4.45. The van der Waals surface area contributed by atoms with Gasteiger partial charge in [0.25, 0.3) is 0 Å². The molecule has 0 bridgehead atoms. The van der Waals surface area contributed by atoms with Crippen molar-refractivity contribution in [3.8, 4) is 11.3 Å².